The van der Waals surface area contributed by atoms with Crippen LogP contribution in [-0.2, 0) is 17.7 Å². The highest BCUT2D eigenvalue weighted by Gasteiger charge is 2.45. The average molecular weight is 346 g/mol. The molecule has 2 aliphatic heterocycles. The van der Waals surface area contributed by atoms with Crippen LogP contribution in [0.1, 0.15) is 11.3 Å². The number of fused-ring (bicyclic) bond motifs is 1. The molecule has 2 aliphatic rings. The third-order valence-corrected chi connectivity index (χ3v) is 4.47. The van der Waals surface area contributed by atoms with Crippen molar-refractivity contribution in [2.45, 2.75) is 18.6 Å². The van der Waals surface area contributed by atoms with Gasteiger partial charge in [0.15, 0.2) is 5.60 Å². The van der Waals surface area contributed by atoms with E-state index in [-0.39, 0.29) is 11.8 Å². The summed E-state index contributed by atoms with van der Waals surface area (Å²) in [4.78, 5) is 14.3. The molecule has 2 aromatic rings. The maximum absolute atomic E-state index is 13.9. The minimum atomic E-state index is -0.638. The summed E-state index contributed by atoms with van der Waals surface area (Å²) in [5, 5.41) is 0. The van der Waals surface area contributed by atoms with E-state index >= 15 is 0 Å². The molecule has 0 saturated carbocycles. The second-order valence-electron chi connectivity index (χ2n) is 6.41. The molecule has 0 unspecified atom stereocenters. The van der Waals surface area contributed by atoms with Gasteiger partial charge in [-0.05, 0) is 12.1 Å². The van der Waals surface area contributed by atoms with E-state index in [1.54, 1.807) is 12.3 Å². The summed E-state index contributed by atoms with van der Waals surface area (Å²) in [6, 6.07) is 2.99. The van der Waals surface area contributed by atoms with Crippen LogP contribution in [0, 0.1) is 5.82 Å². The number of rotatable bonds is 2. The quantitative estimate of drug-likeness (QED) is 0.803. The van der Waals surface area contributed by atoms with Gasteiger partial charge in [0.2, 0.25) is 11.8 Å². The molecule has 1 spiro atoms. The van der Waals surface area contributed by atoms with Gasteiger partial charge in [-0.25, -0.2) is 4.39 Å². The van der Waals surface area contributed by atoms with Gasteiger partial charge < -0.3 is 20.9 Å². The third kappa shape index (κ3) is 3.08. The molecule has 8 nitrogen and oxygen atoms in total. The Morgan fingerprint density at radius 3 is 3.04 bits per heavy atom. The number of hydrogen-bond acceptors (Lipinski definition) is 8. The molecule has 0 amide bonds. The summed E-state index contributed by atoms with van der Waals surface area (Å²) in [6.45, 7) is 2.49. The summed E-state index contributed by atoms with van der Waals surface area (Å²) < 4.78 is 25.7. The highest BCUT2D eigenvalue weighted by atomic mass is 19.1. The molecule has 132 valence electrons. The number of ether oxygens (including phenoxy) is 2. The van der Waals surface area contributed by atoms with Gasteiger partial charge in [0.25, 0.3) is 0 Å². The Hall–Kier alpha value is -2.52. The summed E-state index contributed by atoms with van der Waals surface area (Å²) in [5.41, 5.74) is 12.1. The molecule has 0 bridgehead atoms. The number of halogens is 1. The number of nitrogens with two attached hydrogens (primary N) is 2. The second kappa shape index (κ2) is 6.08. The first-order valence-corrected chi connectivity index (χ1v) is 8.05. The van der Waals surface area contributed by atoms with Crippen LogP contribution in [0.4, 0.5) is 16.2 Å². The lowest BCUT2D eigenvalue weighted by Crippen LogP contribution is -2.48. The van der Waals surface area contributed by atoms with Crippen molar-refractivity contribution in [2.24, 2.45) is 0 Å². The molecular formula is C16H19FN6O2. The molecule has 2 aromatic heterocycles. The zero-order valence-corrected chi connectivity index (χ0v) is 13.6. The van der Waals surface area contributed by atoms with Crippen LogP contribution >= 0.6 is 0 Å². The predicted molar refractivity (Wildman–Crippen MR) is 88.2 cm³/mol. The van der Waals surface area contributed by atoms with E-state index < -0.39 is 5.60 Å². The van der Waals surface area contributed by atoms with Crippen LogP contribution in [-0.4, -0.2) is 51.8 Å². The maximum atomic E-state index is 13.9. The van der Waals surface area contributed by atoms with Crippen molar-refractivity contribution >= 4 is 11.8 Å². The fourth-order valence-corrected chi connectivity index (χ4v) is 3.35. The lowest BCUT2D eigenvalue weighted by molar-refractivity contribution is -0.00279. The molecule has 25 heavy (non-hydrogen) atoms. The summed E-state index contributed by atoms with van der Waals surface area (Å²) in [5.74, 6) is 0.487. The van der Waals surface area contributed by atoms with E-state index in [1.807, 2.05) is 0 Å². The van der Waals surface area contributed by atoms with E-state index in [0.29, 0.717) is 56.7 Å². The van der Waals surface area contributed by atoms with Crippen molar-refractivity contribution in [3.63, 3.8) is 0 Å². The Bertz CT molecular complexity index is 804. The zero-order chi connectivity index (χ0) is 17.4. The molecule has 4 N–H and O–H groups in total. The van der Waals surface area contributed by atoms with Crippen molar-refractivity contribution in [2.75, 3.05) is 37.8 Å². The van der Waals surface area contributed by atoms with E-state index in [2.05, 4.69) is 19.9 Å². The Kier molecular flexibility index (Phi) is 3.89. The SMILES string of the molecule is Nc1nc(N)c2c(n1)O[C@]1(COCCN(Cc3ncccc3F)C1)C2. The topological polar surface area (TPSA) is 112 Å². The van der Waals surface area contributed by atoms with Crippen molar-refractivity contribution in [3.05, 3.63) is 35.4 Å². The van der Waals surface area contributed by atoms with E-state index in [9.17, 15) is 4.39 Å². The highest BCUT2D eigenvalue weighted by molar-refractivity contribution is 5.52. The Labute approximate surface area is 144 Å². The monoisotopic (exact) mass is 346 g/mol. The average Bonchev–Trinajstić information content (AvgIpc) is 2.80. The summed E-state index contributed by atoms with van der Waals surface area (Å²) in [6.07, 6.45) is 2.11. The van der Waals surface area contributed by atoms with Crippen molar-refractivity contribution in [1.29, 1.82) is 0 Å². The van der Waals surface area contributed by atoms with Gasteiger partial charge >= 0.3 is 0 Å². The Morgan fingerprint density at radius 2 is 2.20 bits per heavy atom. The van der Waals surface area contributed by atoms with Crippen LogP contribution in [0.15, 0.2) is 18.3 Å². The first-order valence-electron chi connectivity index (χ1n) is 8.05. The standard InChI is InChI=1S/C16H19FN6O2/c17-11-2-1-3-20-12(11)7-23-4-5-24-9-16(8-23)6-10-13(18)21-15(19)22-14(10)25-16/h1-3H,4-9H2,(H4,18,19,21,22)/t16-/m1/s1. The molecule has 9 heteroatoms. The van der Waals surface area contributed by atoms with Crippen LogP contribution in [0.5, 0.6) is 5.88 Å². The molecule has 0 aliphatic carbocycles. The van der Waals surface area contributed by atoms with E-state index in [0.717, 1.165) is 5.56 Å². The second-order valence-corrected chi connectivity index (χ2v) is 6.41. The van der Waals surface area contributed by atoms with Crippen LogP contribution in [0.25, 0.3) is 0 Å². The normalized spacial score (nSPS) is 23.2. The largest absolute Gasteiger partial charge is 0.466 e. The van der Waals surface area contributed by atoms with E-state index in [4.69, 9.17) is 20.9 Å². The zero-order valence-electron chi connectivity index (χ0n) is 13.6. The molecule has 1 fully saturated rings. The lowest BCUT2D eigenvalue weighted by atomic mass is 9.98. The van der Waals surface area contributed by atoms with Crippen molar-refractivity contribution in [3.8, 4) is 5.88 Å². The fourth-order valence-electron chi connectivity index (χ4n) is 3.35. The van der Waals surface area contributed by atoms with Gasteiger partial charge in [0.1, 0.15) is 11.6 Å². The highest BCUT2D eigenvalue weighted by Crippen LogP contribution is 2.38. The van der Waals surface area contributed by atoms with Gasteiger partial charge in [-0.1, -0.05) is 0 Å². The molecule has 0 aromatic carbocycles. The Morgan fingerprint density at radius 1 is 1.32 bits per heavy atom. The van der Waals surface area contributed by atoms with E-state index in [1.165, 1.54) is 6.07 Å². The third-order valence-electron chi connectivity index (χ3n) is 4.47. The Balaban J connectivity index is 1.57. The smallest absolute Gasteiger partial charge is 0.225 e. The molecule has 0 radical (unpaired) electrons. The van der Waals surface area contributed by atoms with Gasteiger partial charge in [-0.2, -0.15) is 9.97 Å². The fraction of sp³-hybridized carbons (Fsp3) is 0.438. The number of nitrogens with zero attached hydrogens (tertiary/aromatic N) is 4. The van der Waals surface area contributed by atoms with Crippen molar-refractivity contribution in [1.82, 2.24) is 19.9 Å². The van der Waals surface area contributed by atoms with Gasteiger partial charge in [0, 0.05) is 32.3 Å². The minimum absolute atomic E-state index is 0.0789. The van der Waals surface area contributed by atoms with Gasteiger partial charge in [0.05, 0.1) is 24.5 Å². The number of anilines is 2. The minimum Gasteiger partial charge on any atom is -0.466 e. The first kappa shape index (κ1) is 16.0. The summed E-state index contributed by atoms with van der Waals surface area (Å²) >= 11 is 0. The molecule has 1 saturated heterocycles. The molecular weight excluding hydrogens is 327 g/mol. The van der Waals surface area contributed by atoms with Crippen molar-refractivity contribution < 1.29 is 13.9 Å². The summed E-state index contributed by atoms with van der Waals surface area (Å²) in [7, 11) is 0. The number of pyridine rings is 1. The first-order chi connectivity index (χ1) is 12.0. The lowest BCUT2D eigenvalue weighted by Gasteiger charge is -2.30. The number of hydrogen-bond donors (Lipinski definition) is 2. The number of aromatic nitrogens is 3. The van der Waals surface area contributed by atoms with Crippen LogP contribution in [0.2, 0.25) is 0 Å². The van der Waals surface area contributed by atoms with Gasteiger partial charge in [-0.15, -0.1) is 0 Å². The van der Waals surface area contributed by atoms with Gasteiger partial charge in [-0.3, -0.25) is 9.88 Å². The maximum Gasteiger partial charge on any atom is 0.225 e. The predicted octanol–water partition coefficient (Wildman–Crippen LogP) is 0.381. The number of nitrogen functional groups attached to an aromatic ring is 2. The van der Waals surface area contributed by atoms with Crippen LogP contribution in [0.3, 0.4) is 0 Å². The molecule has 4 heterocycles. The molecule has 1 atom stereocenters. The van der Waals surface area contributed by atoms with Crippen LogP contribution < -0.4 is 16.2 Å². The molecule has 4 rings (SSSR count).